The Morgan fingerprint density at radius 3 is 2.62 bits per heavy atom. The number of carbonyl (C=O) groups excluding carboxylic acids is 2. The van der Waals surface area contributed by atoms with Gasteiger partial charge < -0.3 is 15.5 Å². The third kappa shape index (κ3) is 4.19. The lowest BCUT2D eigenvalue weighted by molar-refractivity contribution is -0.124. The molecule has 9 heteroatoms. The topological polar surface area (TPSA) is 78.7 Å². The standard InChI is InChI=1S/C20H21BrF2N4O2/c1-11-14(4-3-9-27(11)20(29)17(21)18(24)25-23)12-5-8-15(16(22)10-12)19(28)26(2)13-6-7-13/h3-5,8-11,13,25H,6-7,24H2,1-2H3/b18-17-. The van der Waals surface area contributed by atoms with Crippen LogP contribution >= 0.6 is 15.9 Å². The summed E-state index contributed by atoms with van der Waals surface area (Å²) in [5.41, 5.74) is 7.86. The lowest BCUT2D eigenvalue weighted by atomic mass is 9.94. The van der Waals surface area contributed by atoms with Gasteiger partial charge in [-0.2, -0.15) is 0 Å². The van der Waals surface area contributed by atoms with Crippen molar-refractivity contribution in [1.29, 1.82) is 0 Å². The Kier molecular flexibility index (Phi) is 6.07. The van der Waals surface area contributed by atoms with Gasteiger partial charge in [0.05, 0.1) is 11.6 Å². The van der Waals surface area contributed by atoms with Gasteiger partial charge in [0, 0.05) is 19.3 Å². The third-order valence-corrected chi connectivity index (χ3v) is 5.86. The third-order valence-electron chi connectivity index (χ3n) is 5.10. The molecule has 1 heterocycles. The predicted octanol–water partition coefficient (Wildman–Crippen LogP) is 3.18. The zero-order valence-electron chi connectivity index (χ0n) is 16.0. The number of nitrogens with zero attached hydrogens (tertiary/aromatic N) is 2. The van der Waals surface area contributed by atoms with E-state index in [1.54, 1.807) is 37.1 Å². The molecule has 3 N–H and O–H groups in total. The van der Waals surface area contributed by atoms with Crippen molar-refractivity contribution < 1.29 is 18.5 Å². The van der Waals surface area contributed by atoms with E-state index >= 15 is 0 Å². The minimum absolute atomic E-state index is 0.0168. The summed E-state index contributed by atoms with van der Waals surface area (Å²) in [6, 6.07) is 4.13. The van der Waals surface area contributed by atoms with Gasteiger partial charge in [0.15, 0.2) is 0 Å². The van der Waals surface area contributed by atoms with Gasteiger partial charge >= 0.3 is 0 Å². The highest BCUT2D eigenvalue weighted by atomic mass is 79.9. The van der Waals surface area contributed by atoms with Crippen molar-refractivity contribution in [3.05, 3.63) is 63.8 Å². The summed E-state index contributed by atoms with van der Waals surface area (Å²) in [6.45, 7) is 1.75. The van der Waals surface area contributed by atoms with Crippen molar-refractivity contribution in [2.75, 3.05) is 7.05 Å². The lowest BCUT2D eigenvalue weighted by Crippen LogP contribution is -2.37. The molecule has 2 amide bonds. The van der Waals surface area contributed by atoms with E-state index in [0.717, 1.165) is 12.8 Å². The Bertz CT molecular complexity index is 940. The normalized spacial score (nSPS) is 19.4. The average Bonchev–Trinajstić information content (AvgIpc) is 3.56. The second-order valence-electron chi connectivity index (χ2n) is 7.02. The van der Waals surface area contributed by atoms with E-state index in [0.29, 0.717) is 11.1 Å². The number of nitrogens with one attached hydrogen (secondary N) is 1. The van der Waals surface area contributed by atoms with Crippen LogP contribution in [0.15, 0.2) is 46.9 Å². The minimum Gasteiger partial charge on any atom is -0.383 e. The monoisotopic (exact) mass is 466 g/mol. The fourth-order valence-corrected chi connectivity index (χ4v) is 3.47. The second-order valence-corrected chi connectivity index (χ2v) is 7.81. The molecule has 29 heavy (non-hydrogen) atoms. The van der Waals surface area contributed by atoms with Gasteiger partial charge in [-0.15, -0.1) is 4.48 Å². The molecule has 1 atom stereocenters. The maximum atomic E-state index is 14.7. The van der Waals surface area contributed by atoms with Crippen molar-refractivity contribution in [1.82, 2.24) is 15.3 Å². The van der Waals surface area contributed by atoms with E-state index in [9.17, 15) is 18.5 Å². The summed E-state index contributed by atoms with van der Waals surface area (Å²) in [7, 11) is 1.68. The fraction of sp³-hybridized carbons (Fsp3) is 0.300. The summed E-state index contributed by atoms with van der Waals surface area (Å²) in [5.74, 6) is -1.96. The quantitative estimate of drug-likeness (QED) is 0.515. The first-order valence-electron chi connectivity index (χ1n) is 9.06. The number of benzene rings is 1. The van der Waals surface area contributed by atoms with Crippen LogP contribution in [0.4, 0.5) is 8.87 Å². The zero-order chi connectivity index (χ0) is 21.3. The molecule has 1 aromatic carbocycles. The van der Waals surface area contributed by atoms with Gasteiger partial charge in [-0.25, -0.2) is 9.93 Å². The molecule has 3 rings (SSSR count). The Morgan fingerprint density at radius 2 is 2.03 bits per heavy atom. The van der Waals surface area contributed by atoms with Crippen LogP contribution < -0.4 is 11.3 Å². The van der Waals surface area contributed by atoms with E-state index in [2.05, 4.69) is 15.9 Å². The van der Waals surface area contributed by atoms with E-state index in [-0.39, 0.29) is 22.0 Å². The van der Waals surface area contributed by atoms with Crippen LogP contribution in [-0.4, -0.2) is 40.7 Å². The molecule has 154 valence electrons. The van der Waals surface area contributed by atoms with E-state index < -0.39 is 23.6 Å². The van der Waals surface area contributed by atoms with Gasteiger partial charge in [0.25, 0.3) is 11.8 Å². The van der Waals surface area contributed by atoms with Crippen molar-refractivity contribution in [3.63, 3.8) is 0 Å². The molecule has 1 saturated carbocycles. The van der Waals surface area contributed by atoms with Crippen molar-refractivity contribution >= 4 is 33.3 Å². The van der Waals surface area contributed by atoms with Gasteiger partial charge in [-0.05, 0) is 65.0 Å². The van der Waals surface area contributed by atoms with Crippen LogP contribution in [0.5, 0.6) is 0 Å². The molecule has 0 aromatic heterocycles. The fourth-order valence-electron chi connectivity index (χ4n) is 3.19. The summed E-state index contributed by atoms with van der Waals surface area (Å²) >= 11 is 2.98. The number of allylic oxidation sites excluding steroid dienone is 2. The van der Waals surface area contributed by atoms with Gasteiger partial charge in [0.1, 0.15) is 16.1 Å². The number of hydrogen-bond acceptors (Lipinski definition) is 4. The molecule has 1 aromatic rings. The molecule has 0 radical (unpaired) electrons. The summed E-state index contributed by atoms with van der Waals surface area (Å²) in [5, 5.41) is 0. The highest BCUT2D eigenvalue weighted by Crippen LogP contribution is 2.31. The van der Waals surface area contributed by atoms with Crippen LogP contribution in [0.2, 0.25) is 0 Å². The molecule has 0 spiro atoms. The van der Waals surface area contributed by atoms with Crippen LogP contribution in [0.25, 0.3) is 5.57 Å². The van der Waals surface area contributed by atoms with Gasteiger partial charge in [-0.1, -0.05) is 12.1 Å². The van der Waals surface area contributed by atoms with E-state index in [1.807, 2.05) is 0 Å². The Labute approximate surface area is 175 Å². The average molecular weight is 467 g/mol. The maximum Gasteiger partial charge on any atom is 0.269 e. The summed E-state index contributed by atoms with van der Waals surface area (Å²) in [6.07, 6.45) is 6.80. The molecule has 0 saturated heterocycles. The smallest absolute Gasteiger partial charge is 0.269 e. The zero-order valence-corrected chi connectivity index (χ0v) is 17.5. The minimum atomic E-state index is -0.618. The summed E-state index contributed by atoms with van der Waals surface area (Å²) in [4.78, 5) is 27.9. The second kappa shape index (κ2) is 8.36. The molecule has 6 nitrogen and oxygen atoms in total. The first-order chi connectivity index (χ1) is 13.8. The highest BCUT2D eigenvalue weighted by Gasteiger charge is 2.32. The Hall–Kier alpha value is -2.68. The molecule has 1 fully saturated rings. The number of carbonyl (C=O) groups is 2. The van der Waals surface area contributed by atoms with Crippen LogP contribution in [0.1, 0.15) is 35.7 Å². The molecular weight excluding hydrogens is 446 g/mol. The number of rotatable bonds is 5. The number of amides is 2. The van der Waals surface area contributed by atoms with Crippen molar-refractivity contribution in [2.45, 2.75) is 31.8 Å². The largest absolute Gasteiger partial charge is 0.383 e. The number of nitrogens with two attached hydrogens (primary N) is 1. The number of hydrogen-bond donors (Lipinski definition) is 2. The molecule has 0 bridgehead atoms. The molecule has 2 aliphatic rings. The van der Waals surface area contributed by atoms with Gasteiger partial charge in [-0.3, -0.25) is 9.59 Å². The highest BCUT2D eigenvalue weighted by molar-refractivity contribution is 9.12. The first-order valence-corrected chi connectivity index (χ1v) is 9.85. The maximum absolute atomic E-state index is 14.7. The summed E-state index contributed by atoms with van der Waals surface area (Å²) < 4.78 is 27.1. The van der Waals surface area contributed by atoms with Crippen LogP contribution in [0.3, 0.4) is 0 Å². The molecule has 1 unspecified atom stereocenters. The lowest BCUT2D eigenvalue weighted by Gasteiger charge is -2.31. The Balaban J connectivity index is 1.84. The first kappa shape index (κ1) is 21.0. The molecular formula is C20H21BrF2N4O2. The van der Waals surface area contributed by atoms with E-state index in [4.69, 9.17) is 5.73 Å². The molecule has 1 aliphatic carbocycles. The van der Waals surface area contributed by atoms with Crippen molar-refractivity contribution in [2.24, 2.45) is 5.73 Å². The molecule has 1 aliphatic heterocycles. The SMILES string of the molecule is CC1C(c2ccc(C(=O)N(C)C3CC3)c(F)c2)=CC=CN1C(=O)/C(Br)=C(\N)NF. The van der Waals surface area contributed by atoms with Crippen molar-refractivity contribution in [3.8, 4) is 0 Å². The Morgan fingerprint density at radius 1 is 1.34 bits per heavy atom. The predicted molar refractivity (Wildman–Crippen MR) is 109 cm³/mol. The van der Waals surface area contributed by atoms with Crippen LogP contribution in [-0.2, 0) is 4.79 Å². The van der Waals surface area contributed by atoms with E-state index in [1.165, 1.54) is 28.8 Å². The number of halogens is 3. The van der Waals surface area contributed by atoms with Crippen LogP contribution in [0, 0.1) is 5.82 Å². The van der Waals surface area contributed by atoms with Gasteiger partial charge in [0.2, 0.25) is 0 Å².